The van der Waals surface area contributed by atoms with Crippen LogP contribution in [0.25, 0.3) is 0 Å². The number of hydrogen-bond acceptors (Lipinski definition) is 5. The van der Waals surface area contributed by atoms with Crippen molar-refractivity contribution in [3.05, 3.63) is 11.7 Å². The fourth-order valence-electron chi connectivity index (χ4n) is 3.17. The zero-order valence-electron chi connectivity index (χ0n) is 13.0. The second kappa shape index (κ2) is 6.16. The van der Waals surface area contributed by atoms with Crippen molar-refractivity contribution in [3.63, 3.8) is 0 Å². The first-order valence-corrected chi connectivity index (χ1v) is 9.30. The van der Waals surface area contributed by atoms with Crippen LogP contribution in [-0.2, 0) is 17.3 Å². The monoisotopic (exact) mass is 311 g/mol. The first-order valence-electron chi connectivity index (χ1n) is 7.98. The number of hydrogen-bond donors (Lipinski definition) is 0. The quantitative estimate of drug-likeness (QED) is 0.858. The van der Waals surface area contributed by atoms with Crippen LogP contribution in [0, 0.1) is 0 Å². The van der Waals surface area contributed by atoms with Gasteiger partial charge in [-0.3, -0.25) is 9.11 Å². The molecule has 1 unspecified atom stereocenters. The molecule has 21 heavy (non-hydrogen) atoms. The molecule has 1 saturated carbocycles. The molecule has 2 aliphatic rings. The van der Waals surface area contributed by atoms with Gasteiger partial charge in [0.05, 0.1) is 6.54 Å². The van der Waals surface area contributed by atoms with Crippen molar-refractivity contribution in [3.8, 4) is 0 Å². The van der Waals surface area contributed by atoms with Crippen LogP contribution in [0.2, 0.25) is 0 Å². The lowest BCUT2D eigenvalue weighted by Gasteiger charge is -2.21. The summed E-state index contributed by atoms with van der Waals surface area (Å²) in [5.74, 6) is 2.83. The molecule has 6 heteroatoms. The summed E-state index contributed by atoms with van der Waals surface area (Å²) in [6, 6.07) is 0. The summed E-state index contributed by atoms with van der Waals surface area (Å²) in [4.78, 5) is 6.87. The molecule has 1 aromatic rings. The Morgan fingerprint density at radius 1 is 1.33 bits per heavy atom. The molecule has 2 fully saturated rings. The van der Waals surface area contributed by atoms with Crippen molar-refractivity contribution in [2.24, 2.45) is 0 Å². The smallest absolute Gasteiger partial charge is 0.240 e. The Balaban J connectivity index is 1.60. The maximum Gasteiger partial charge on any atom is 0.240 e. The third-order valence-electron chi connectivity index (χ3n) is 4.80. The number of rotatable bonds is 3. The molecule has 118 valence electrons. The molecule has 0 N–H and O–H groups in total. The van der Waals surface area contributed by atoms with E-state index in [2.05, 4.69) is 28.9 Å². The molecule has 1 atom stereocenters. The maximum absolute atomic E-state index is 12.1. The third-order valence-corrected chi connectivity index (χ3v) is 6.79. The molecular formula is C15H25N3O2S. The van der Waals surface area contributed by atoms with Gasteiger partial charge in [-0.05, 0) is 33.1 Å². The Labute approximate surface area is 128 Å². The Bertz CT molecular complexity index is 509. The van der Waals surface area contributed by atoms with E-state index in [1.165, 1.54) is 25.7 Å². The SMILES string of the molecule is CC1(C)CCN(Cc2nc(C3CCCC3)no2)CCS1=O. The molecule has 2 heterocycles. The molecule has 0 aromatic carbocycles. The molecule has 0 spiro atoms. The number of aromatic nitrogens is 2. The van der Waals surface area contributed by atoms with Crippen LogP contribution < -0.4 is 0 Å². The fraction of sp³-hybridized carbons (Fsp3) is 0.867. The highest BCUT2D eigenvalue weighted by Crippen LogP contribution is 2.32. The van der Waals surface area contributed by atoms with Crippen molar-refractivity contribution in [2.75, 3.05) is 18.8 Å². The van der Waals surface area contributed by atoms with E-state index in [4.69, 9.17) is 4.52 Å². The van der Waals surface area contributed by atoms with Crippen molar-refractivity contribution >= 4 is 10.8 Å². The Kier molecular flexibility index (Phi) is 4.45. The summed E-state index contributed by atoms with van der Waals surface area (Å²) in [6.45, 7) is 6.67. The van der Waals surface area contributed by atoms with Gasteiger partial charge in [-0.1, -0.05) is 18.0 Å². The van der Waals surface area contributed by atoms with E-state index in [1.807, 2.05) is 0 Å². The van der Waals surface area contributed by atoms with Gasteiger partial charge in [-0.2, -0.15) is 4.98 Å². The van der Waals surface area contributed by atoms with Gasteiger partial charge >= 0.3 is 0 Å². The van der Waals surface area contributed by atoms with Crippen LogP contribution >= 0.6 is 0 Å². The van der Waals surface area contributed by atoms with Crippen LogP contribution in [0.15, 0.2) is 4.52 Å². The molecule has 5 nitrogen and oxygen atoms in total. The van der Waals surface area contributed by atoms with Crippen LogP contribution in [-0.4, -0.2) is 42.8 Å². The maximum atomic E-state index is 12.1. The first-order chi connectivity index (χ1) is 10.0. The van der Waals surface area contributed by atoms with Gasteiger partial charge in [0, 0.05) is 40.3 Å². The minimum Gasteiger partial charge on any atom is -0.338 e. The third kappa shape index (κ3) is 3.54. The molecule has 0 radical (unpaired) electrons. The van der Waals surface area contributed by atoms with Crippen LogP contribution in [0.4, 0.5) is 0 Å². The van der Waals surface area contributed by atoms with Crippen molar-refractivity contribution < 1.29 is 8.73 Å². The fourth-order valence-corrected chi connectivity index (χ4v) is 4.47. The van der Waals surface area contributed by atoms with Gasteiger partial charge in [0.25, 0.3) is 0 Å². The molecule has 1 aliphatic carbocycles. The van der Waals surface area contributed by atoms with E-state index < -0.39 is 10.8 Å². The molecule has 3 rings (SSSR count). The lowest BCUT2D eigenvalue weighted by molar-refractivity contribution is 0.234. The van der Waals surface area contributed by atoms with E-state index in [0.717, 1.165) is 31.1 Å². The zero-order chi connectivity index (χ0) is 14.9. The summed E-state index contributed by atoms with van der Waals surface area (Å²) in [7, 11) is -0.752. The highest BCUT2D eigenvalue weighted by molar-refractivity contribution is 7.86. The predicted molar refractivity (Wildman–Crippen MR) is 82.5 cm³/mol. The topological polar surface area (TPSA) is 59.2 Å². The molecule has 1 aliphatic heterocycles. The second-order valence-electron chi connectivity index (χ2n) is 6.86. The van der Waals surface area contributed by atoms with Crippen LogP contribution in [0.5, 0.6) is 0 Å². The van der Waals surface area contributed by atoms with Crippen molar-refractivity contribution in [1.82, 2.24) is 15.0 Å². The Morgan fingerprint density at radius 3 is 2.86 bits per heavy atom. The normalized spacial score (nSPS) is 27.8. The van der Waals surface area contributed by atoms with Gasteiger partial charge in [0.1, 0.15) is 0 Å². The van der Waals surface area contributed by atoms with Gasteiger partial charge in [-0.25, -0.2) is 0 Å². The van der Waals surface area contributed by atoms with Gasteiger partial charge in [0.15, 0.2) is 5.82 Å². The lowest BCUT2D eigenvalue weighted by atomic mass is 10.1. The highest BCUT2D eigenvalue weighted by Gasteiger charge is 2.30. The van der Waals surface area contributed by atoms with Crippen molar-refractivity contribution in [1.29, 1.82) is 0 Å². The second-order valence-corrected chi connectivity index (χ2v) is 9.07. The number of nitrogens with zero attached hydrogens (tertiary/aromatic N) is 3. The minimum atomic E-state index is -0.752. The lowest BCUT2D eigenvalue weighted by Crippen LogP contribution is -2.28. The van der Waals surface area contributed by atoms with Crippen LogP contribution in [0.3, 0.4) is 0 Å². The molecular weight excluding hydrogens is 286 g/mol. The van der Waals surface area contributed by atoms with Gasteiger partial charge in [-0.15, -0.1) is 0 Å². The van der Waals surface area contributed by atoms with Gasteiger partial charge < -0.3 is 4.52 Å². The van der Waals surface area contributed by atoms with E-state index in [0.29, 0.717) is 18.4 Å². The van der Waals surface area contributed by atoms with Crippen LogP contribution in [0.1, 0.15) is 63.6 Å². The molecule has 1 aromatic heterocycles. The average molecular weight is 311 g/mol. The first kappa shape index (κ1) is 15.2. The van der Waals surface area contributed by atoms with Crippen molar-refractivity contribution in [2.45, 2.75) is 63.2 Å². The van der Waals surface area contributed by atoms with E-state index in [-0.39, 0.29) is 4.75 Å². The predicted octanol–water partition coefficient (Wildman–Crippen LogP) is 2.46. The average Bonchev–Trinajstić information content (AvgIpc) is 3.09. The van der Waals surface area contributed by atoms with Gasteiger partial charge in [0.2, 0.25) is 5.89 Å². The summed E-state index contributed by atoms with van der Waals surface area (Å²) in [5, 5.41) is 4.16. The summed E-state index contributed by atoms with van der Waals surface area (Å²) in [6.07, 6.45) is 5.89. The summed E-state index contributed by atoms with van der Waals surface area (Å²) >= 11 is 0. The summed E-state index contributed by atoms with van der Waals surface area (Å²) in [5.41, 5.74) is 0. The van der Waals surface area contributed by atoms with E-state index in [1.54, 1.807) is 0 Å². The zero-order valence-corrected chi connectivity index (χ0v) is 13.8. The molecule has 0 amide bonds. The Morgan fingerprint density at radius 2 is 2.10 bits per heavy atom. The largest absolute Gasteiger partial charge is 0.338 e. The van der Waals surface area contributed by atoms with E-state index in [9.17, 15) is 4.21 Å². The molecule has 1 saturated heterocycles. The van der Waals surface area contributed by atoms with E-state index >= 15 is 0 Å². The molecule has 0 bridgehead atoms. The Hall–Kier alpha value is -0.750. The summed E-state index contributed by atoms with van der Waals surface area (Å²) < 4.78 is 17.5. The highest BCUT2D eigenvalue weighted by atomic mass is 32.2. The standard InChI is InChI=1S/C15H25N3O2S/c1-15(2)7-8-18(9-10-21(15)19)11-13-16-14(17-20-13)12-5-3-4-6-12/h12H,3-11H2,1-2H3. The minimum absolute atomic E-state index is 0.0847.